The van der Waals surface area contributed by atoms with Gasteiger partial charge in [-0.25, -0.2) is 4.79 Å². The van der Waals surface area contributed by atoms with Crippen LogP contribution < -0.4 is 0 Å². The summed E-state index contributed by atoms with van der Waals surface area (Å²) in [6, 6.07) is 6.43. The number of esters is 1. The van der Waals surface area contributed by atoms with Gasteiger partial charge in [0, 0.05) is 17.2 Å². The van der Waals surface area contributed by atoms with Gasteiger partial charge in [0.1, 0.15) is 5.57 Å². The standard InChI is InChI=1S/C14H12O4/c1-8(2)18-14(17)11-7-12(15)9-5-3-4-6-10(9)13(11)16/h3-8H,1-2H3. The van der Waals surface area contributed by atoms with Crippen LogP contribution in [0.25, 0.3) is 0 Å². The number of Topliss-reactive ketones (excluding diaryl/α,β-unsaturated/α-hetero) is 1. The molecule has 0 bridgehead atoms. The van der Waals surface area contributed by atoms with Gasteiger partial charge < -0.3 is 4.74 Å². The van der Waals surface area contributed by atoms with E-state index in [4.69, 9.17) is 4.74 Å². The first kappa shape index (κ1) is 12.2. The van der Waals surface area contributed by atoms with Gasteiger partial charge in [0.15, 0.2) is 5.78 Å². The van der Waals surface area contributed by atoms with Crippen LogP contribution in [0.3, 0.4) is 0 Å². The second-order valence-corrected chi connectivity index (χ2v) is 4.25. The lowest BCUT2D eigenvalue weighted by molar-refractivity contribution is -0.142. The average molecular weight is 244 g/mol. The Bertz CT molecular complexity index is 567. The van der Waals surface area contributed by atoms with E-state index in [2.05, 4.69) is 0 Å². The smallest absolute Gasteiger partial charge is 0.342 e. The number of rotatable bonds is 2. The largest absolute Gasteiger partial charge is 0.459 e. The van der Waals surface area contributed by atoms with Gasteiger partial charge in [-0.1, -0.05) is 24.3 Å². The molecular formula is C14H12O4. The summed E-state index contributed by atoms with van der Waals surface area (Å²) in [6.07, 6.45) is 0.716. The van der Waals surface area contributed by atoms with E-state index in [-0.39, 0.29) is 23.0 Å². The molecular weight excluding hydrogens is 232 g/mol. The second-order valence-electron chi connectivity index (χ2n) is 4.25. The Labute approximate surface area is 104 Å². The Morgan fingerprint density at radius 2 is 1.72 bits per heavy atom. The van der Waals surface area contributed by atoms with Gasteiger partial charge in [-0.15, -0.1) is 0 Å². The first-order chi connectivity index (χ1) is 8.50. The molecule has 0 atom stereocenters. The summed E-state index contributed by atoms with van der Waals surface area (Å²) in [7, 11) is 0. The lowest BCUT2D eigenvalue weighted by atomic mass is 9.89. The highest BCUT2D eigenvalue weighted by molar-refractivity contribution is 6.33. The molecule has 0 aliphatic heterocycles. The number of fused-ring (bicyclic) bond motifs is 1. The third kappa shape index (κ3) is 2.09. The molecule has 0 unspecified atom stereocenters. The molecule has 92 valence electrons. The summed E-state index contributed by atoms with van der Waals surface area (Å²) in [6.45, 7) is 3.36. The van der Waals surface area contributed by atoms with Crippen molar-refractivity contribution in [1.82, 2.24) is 0 Å². The molecule has 0 saturated heterocycles. The zero-order valence-corrected chi connectivity index (χ0v) is 10.1. The van der Waals surface area contributed by atoms with E-state index in [1.807, 2.05) is 0 Å². The van der Waals surface area contributed by atoms with Crippen LogP contribution in [0.5, 0.6) is 0 Å². The summed E-state index contributed by atoms with van der Waals surface area (Å²) >= 11 is 0. The Balaban J connectivity index is 2.40. The molecule has 1 aliphatic rings. The third-order valence-electron chi connectivity index (χ3n) is 2.52. The molecule has 0 aromatic heterocycles. The summed E-state index contributed by atoms with van der Waals surface area (Å²) in [5, 5.41) is 0. The summed E-state index contributed by atoms with van der Waals surface area (Å²) in [4.78, 5) is 35.6. The molecule has 1 aromatic carbocycles. The first-order valence-corrected chi connectivity index (χ1v) is 5.61. The fourth-order valence-corrected chi connectivity index (χ4v) is 1.74. The van der Waals surface area contributed by atoms with Crippen molar-refractivity contribution >= 4 is 17.5 Å². The number of ketones is 2. The Kier molecular flexibility index (Phi) is 3.10. The van der Waals surface area contributed by atoms with Crippen LogP contribution in [0.4, 0.5) is 0 Å². The highest BCUT2D eigenvalue weighted by Crippen LogP contribution is 2.22. The minimum absolute atomic E-state index is 0.201. The molecule has 1 aliphatic carbocycles. The van der Waals surface area contributed by atoms with E-state index in [0.29, 0.717) is 5.56 Å². The van der Waals surface area contributed by atoms with Gasteiger partial charge in [-0.3, -0.25) is 9.59 Å². The number of hydrogen-bond donors (Lipinski definition) is 0. The number of carbonyl (C=O) groups excluding carboxylic acids is 3. The minimum Gasteiger partial charge on any atom is -0.459 e. The third-order valence-corrected chi connectivity index (χ3v) is 2.52. The van der Waals surface area contributed by atoms with Crippen LogP contribution in [0.2, 0.25) is 0 Å². The minimum atomic E-state index is -0.752. The molecule has 4 nitrogen and oxygen atoms in total. The van der Waals surface area contributed by atoms with Crippen LogP contribution in [-0.2, 0) is 9.53 Å². The zero-order valence-electron chi connectivity index (χ0n) is 10.1. The SMILES string of the molecule is CC(C)OC(=O)C1=CC(=O)c2ccccc2C1=O. The quantitative estimate of drug-likeness (QED) is 0.589. The van der Waals surface area contributed by atoms with Crippen molar-refractivity contribution in [2.75, 3.05) is 0 Å². The van der Waals surface area contributed by atoms with Crippen LogP contribution in [0.15, 0.2) is 35.9 Å². The van der Waals surface area contributed by atoms with E-state index < -0.39 is 11.8 Å². The van der Waals surface area contributed by atoms with E-state index in [0.717, 1.165) is 6.08 Å². The van der Waals surface area contributed by atoms with E-state index >= 15 is 0 Å². The van der Waals surface area contributed by atoms with Crippen molar-refractivity contribution in [3.05, 3.63) is 47.0 Å². The van der Waals surface area contributed by atoms with Crippen molar-refractivity contribution in [2.24, 2.45) is 0 Å². The molecule has 0 N–H and O–H groups in total. The highest BCUT2D eigenvalue weighted by Gasteiger charge is 2.30. The van der Waals surface area contributed by atoms with Gasteiger partial charge in [0.25, 0.3) is 0 Å². The fourth-order valence-electron chi connectivity index (χ4n) is 1.74. The van der Waals surface area contributed by atoms with Gasteiger partial charge in [-0.2, -0.15) is 0 Å². The second kappa shape index (κ2) is 4.56. The Morgan fingerprint density at radius 3 is 2.33 bits per heavy atom. The number of allylic oxidation sites excluding steroid dienone is 1. The molecule has 0 radical (unpaired) electrons. The lowest BCUT2D eigenvalue weighted by Gasteiger charge is -2.15. The molecule has 4 heteroatoms. The maximum absolute atomic E-state index is 12.1. The summed E-state index contributed by atoms with van der Waals surface area (Å²) < 4.78 is 4.94. The molecule has 0 heterocycles. The van der Waals surface area contributed by atoms with Crippen LogP contribution in [0.1, 0.15) is 34.6 Å². The van der Waals surface area contributed by atoms with E-state index in [1.165, 1.54) is 6.07 Å². The van der Waals surface area contributed by atoms with Crippen LogP contribution in [-0.4, -0.2) is 23.6 Å². The summed E-state index contributed by atoms with van der Waals surface area (Å²) in [5.41, 5.74) is 0.372. The van der Waals surface area contributed by atoms with E-state index in [9.17, 15) is 14.4 Å². The molecule has 2 rings (SSSR count). The average Bonchev–Trinajstić information content (AvgIpc) is 2.33. The van der Waals surface area contributed by atoms with Gasteiger partial charge in [0.2, 0.25) is 5.78 Å². The normalized spacial score (nSPS) is 14.3. The molecule has 0 fully saturated rings. The molecule has 0 spiro atoms. The molecule has 0 saturated carbocycles. The number of ether oxygens (including phenoxy) is 1. The van der Waals surface area contributed by atoms with Crippen molar-refractivity contribution < 1.29 is 19.1 Å². The van der Waals surface area contributed by atoms with Crippen molar-refractivity contribution in [3.63, 3.8) is 0 Å². The molecule has 0 amide bonds. The van der Waals surface area contributed by atoms with Gasteiger partial charge >= 0.3 is 5.97 Å². The maximum Gasteiger partial charge on any atom is 0.342 e. The Morgan fingerprint density at radius 1 is 1.11 bits per heavy atom. The number of hydrogen-bond acceptors (Lipinski definition) is 4. The first-order valence-electron chi connectivity index (χ1n) is 5.61. The van der Waals surface area contributed by atoms with Gasteiger partial charge in [-0.05, 0) is 13.8 Å². The number of benzene rings is 1. The molecule has 1 aromatic rings. The van der Waals surface area contributed by atoms with Crippen LogP contribution >= 0.6 is 0 Å². The van der Waals surface area contributed by atoms with E-state index in [1.54, 1.807) is 32.0 Å². The lowest BCUT2D eigenvalue weighted by Crippen LogP contribution is -2.25. The topological polar surface area (TPSA) is 60.4 Å². The predicted molar refractivity (Wildman–Crippen MR) is 64.4 cm³/mol. The van der Waals surface area contributed by atoms with Gasteiger partial charge in [0.05, 0.1) is 6.10 Å². The maximum atomic E-state index is 12.1. The number of carbonyl (C=O) groups is 3. The summed E-state index contributed by atoms with van der Waals surface area (Å²) in [5.74, 6) is -1.56. The fraction of sp³-hybridized carbons (Fsp3) is 0.214. The molecule has 18 heavy (non-hydrogen) atoms. The monoisotopic (exact) mass is 244 g/mol. The zero-order chi connectivity index (χ0) is 13.3. The van der Waals surface area contributed by atoms with Crippen molar-refractivity contribution in [1.29, 1.82) is 0 Å². The van der Waals surface area contributed by atoms with Crippen molar-refractivity contribution in [3.8, 4) is 0 Å². The van der Waals surface area contributed by atoms with Crippen molar-refractivity contribution in [2.45, 2.75) is 20.0 Å². The predicted octanol–water partition coefficient (Wildman–Crippen LogP) is 1.94. The Hall–Kier alpha value is -2.23. The van der Waals surface area contributed by atoms with Crippen LogP contribution in [0, 0.1) is 0 Å². The highest BCUT2D eigenvalue weighted by atomic mass is 16.5.